The molecule has 240 valence electrons. The summed E-state index contributed by atoms with van der Waals surface area (Å²) in [7, 11) is 0. The van der Waals surface area contributed by atoms with Crippen LogP contribution in [0.2, 0.25) is 10.0 Å². The Morgan fingerprint density at radius 3 is 1.21 bits per heavy atom. The highest BCUT2D eigenvalue weighted by Crippen LogP contribution is 2.14. The zero-order valence-corrected chi connectivity index (χ0v) is 27.5. The van der Waals surface area contributed by atoms with Crippen molar-refractivity contribution in [3.63, 3.8) is 0 Å². The van der Waals surface area contributed by atoms with Crippen molar-refractivity contribution in [2.75, 3.05) is 0 Å². The van der Waals surface area contributed by atoms with Crippen LogP contribution in [0, 0.1) is 13.8 Å². The normalized spacial score (nSPS) is 11.1. The number of nitrogens with one attached hydrogen (secondary N) is 2. The van der Waals surface area contributed by atoms with Crippen molar-refractivity contribution in [1.82, 2.24) is 19.6 Å². The van der Waals surface area contributed by atoms with Crippen LogP contribution in [0.5, 0.6) is 0 Å². The zero-order chi connectivity index (χ0) is 34.2. The first-order valence-electron chi connectivity index (χ1n) is 14.8. The van der Waals surface area contributed by atoms with Crippen LogP contribution in [0.3, 0.4) is 0 Å². The van der Waals surface area contributed by atoms with E-state index in [-0.39, 0.29) is 33.8 Å². The molecule has 0 aliphatic rings. The molecule has 10 heteroatoms. The van der Waals surface area contributed by atoms with Crippen LogP contribution in [0.15, 0.2) is 131 Å². The minimum atomic E-state index is -0.357. The van der Waals surface area contributed by atoms with E-state index in [0.717, 1.165) is 11.1 Å². The number of allylic oxidation sites excluding steroid dienone is 2. The molecule has 0 aliphatic heterocycles. The molecular weight excluding hydrogens is 647 g/mol. The monoisotopic (exact) mass is 676 g/mol. The highest BCUT2D eigenvalue weighted by Gasteiger charge is 2.18. The molecule has 2 heterocycles. The molecule has 0 atom stereocenters. The third-order valence-electron chi connectivity index (χ3n) is 7.26. The van der Waals surface area contributed by atoms with Crippen molar-refractivity contribution in [2.24, 2.45) is 0 Å². The second-order valence-electron chi connectivity index (χ2n) is 10.7. The predicted octanol–water partition coefficient (Wildman–Crippen LogP) is 8.05. The maximum atomic E-state index is 12.5. The van der Waals surface area contributed by atoms with E-state index >= 15 is 0 Å². The smallest absolute Gasteiger partial charge is 0.282 e. The van der Waals surface area contributed by atoms with E-state index in [2.05, 4.69) is 10.2 Å². The third kappa shape index (κ3) is 7.98. The number of ketones is 2. The van der Waals surface area contributed by atoms with Gasteiger partial charge >= 0.3 is 0 Å². The van der Waals surface area contributed by atoms with Crippen LogP contribution >= 0.6 is 23.2 Å². The Morgan fingerprint density at radius 1 is 0.542 bits per heavy atom. The fourth-order valence-corrected chi connectivity index (χ4v) is 5.10. The van der Waals surface area contributed by atoms with Gasteiger partial charge in [0, 0.05) is 21.4 Å². The second kappa shape index (κ2) is 15.3. The Morgan fingerprint density at radius 2 is 0.875 bits per heavy atom. The van der Waals surface area contributed by atoms with Gasteiger partial charge in [-0.2, -0.15) is 0 Å². The first-order valence-corrected chi connectivity index (χ1v) is 15.6. The summed E-state index contributed by atoms with van der Waals surface area (Å²) in [5.41, 5.74) is 3.69. The third-order valence-corrected chi connectivity index (χ3v) is 7.76. The van der Waals surface area contributed by atoms with Crippen LogP contribution in [-0.4, -0.2) is 31.1 Å². The minimum absolute atomic E-state index is 0.143. The van der Waals surface area contributed by atoms with Gasteiger partial charge < -0.3 is 0 Å². The summed E-state index contributed by atoms with van der Waals surface area (Å²) in [5, 5.41) is 7.16. The number of rotatable bonds is 8. The average molecular weight is 678 g/mol. The Hall–Kier alpha value is -5.70. The first-order chi connectivity index (χ1) is 23.1. The summed E-state index contributed by atoms with van der Waals surface area (Å²) in [6, 6.07) is 32.5. The summed E-state index contributed by atoms with van der Waals surface area (Å²) in [6.07, 6.45) is 6.13. The number of halogens is 2. The Bertz CT molecular complexity index is 2060. The van der Waals surface area contributed by atoms with E-state index in [1.165, 1.54) is 21.5 Å². The number of H-pyrrole nitrogens is 2. The van der Waals surface area contributed by atoms with Crippen molar-refractivity contribution in [2.45, 2.75) is 13.8 Å². The molecule has 0 radical (unpaired) electrons. The fourth-order valence-electron chi connectivity index (χ4n) is 4.85. The maximum absolute atomic E-state index is 12.5. The van der Waals surface area contributed by atoms with Gasteiger partial charge in [-0.05, 0) is 85.7 Å². The van der Waals surface area contributed by atoms with E-state index < -0.39 is 0 Å². The van der Waals surface area contributed by atoms with Gasteiger partial charge in [-0.25, -0.2) is 9.36 Å². The van der Waals surface area contributed by atoms with Crippen molar-refractivity contribution in [3.05, 3.63) is 186 Å². The summed E-state index contributed by atoms with van der Waals surface area (Å²) < 4.78 is 2.75. The SMILES string of the molecule is Cc1[nH]n(-c2ccccc2)c(=O)c1C(=O)/C=C/c1ccc(Cl)cc1.Cc1[nH]n(-c2ccccc2)c(=O)c1C(=O)/C=C/c1ccc(Cl)cc1. The fraction of sp³-hybridized carbons (Fsp3) is 0.0526. The molecule has 4 aromatic carbocycles. The van der Waals surface area contributed by atoms with Crippen molar-refractivity contribution < 1.29 is 9.59 Å². The first kappa shape index (κ1) is 33.7. The van der Waals surface area contributed by atoms with E-state index in [9.17, 15) is 19.2 Å². The van der Waals surface area contributed by atoms with Crippen molar-refractivity contribution >= 4 is 46.9 Å². The Balaban J connectivity index is 0.000000188. The van der Waals surface area contributed by atoms with Crippen LogP contribution in [0.1, 0.15) is 43.2 Å². The predicted molar refractivity (Wildman–Crippen MR) is 192 cm³/mol. The molecule has 48 heavy (non-hydrogen) atoms. The van der Waals surface area contributed by atoms with Gasteiger partial charge in [-0.3, -0.25) is 29.4 Å². The summed E-state index contributed by atoms with van der Waals surface area (Å²) >= 11 is 11.7. The summed E-state index contributed by atoms with van der Waals surface area (Å²) in [4.78, 5) is 49.9. The number of aromatic nitrogens is 4. The van der Waals surface area contributed by atoms with Gasteiger partial charge in [0.1, 0.15) is 11.1 Å². The number of aromatic amines is 2. The summed E-state index contributed by atoms with van der Waals surface area (Å²) in [5.74, 6) is -0.670. The topological polar surface area (TPSA) is 110 Å². The minimum Gasteiger partial charge on any atom is -0.295 e. The number of hydrogen-bond donors (Lipinski definition) is 2. The van der Waals surface area contributed by atoms with Crippen molar-refractivity contribution in [3.8, 4) is 11.4 Å². The molecule has 0 unspecified atom stereocenters. The highest BCUT2D eigenvalue weighted by atomic mass is 35.5. The largest absolute Gasteiger partial charge is 0.295 e. The van der Waals surface area contributed by atoms with E-state index in [0.29, 0.717) is 32.8 Å². The van der Waals surface area contributed by atoms with Gasteiger partial charge in [0.05, 0.1) is 11.4 Å². The molecule has 0 saturated carbocycles. The average Bonchev–Trinajstić information content (AvgIpc) is 3.57. The number of carbonyl (C=O) groups is 2. The molecular formula is C38H30Cl2N4O4. The molecule has 0 bridgehead atoms. The van der Waals surface area contributed by atoms with Gasteiger partial charge in [-0.15, -0.1) is 0 Å². The lowest BCUT2D eigenvalue weighted by atomic mass is 10.1. The van der Waals surface area contributed by atoms with Gasteiger partial charge in [0.15, 0.2) is 11.6 Å². The molecule has 0 saturated heterocycles. The molecule has 8 nitrogen and oxygen atoms in total. The second-order valence-corrected chi connectivity index (χ2v) is 11.5. The zero-order valence-electron chi connectivity index (χ0n) is 26.0. The van der Waals surface area contributed by atoms with E-state index in [1.54, 1.807) is 98.8 Å². The van der Waals surface area contributed by atoms with Crippen LogP contribution in [-0.2, 0) is 0 Å². The quantitative estimate of drug-likeness (QED) is 0.126. The van der Waals surface area contributed by atoms with Crippen LogP contribution < -0.4 is 11.1 Å². The highest BCUT2D eigenvalue weighted by molar-refractivity contribution is 6.30. The Kier molecular flexibility index (Phi) is 10.7. The lowest BCUT2D eigenvalue weighted by molar-refractivity contribution is 0.103. The molecule has 0 amide bonds. The molecule has 6 aromatic rings. The molecule has 6 rings (SSSR count). The number of benzene rings is 4. The van der Waals surface area contributed by atoms with Crippen molar-refractivity contribution in [1.29, 1.82) is 0 Å². The van der Waals surface area contributed by atoms with E-state index in [4.69, 9.17) is 23.2 Å². The number of nitrogens with zero attached hydrogens (tertiary/aromatic N) is 2. The lowest BCUT2D eigenvalue weighted by Crippen LogP contribution is -2.19. The van der Waals surface area contributed by atoms with Crippen LogP contribution in [0.25, 0.3) is 23.5 Å². The van der Waals surface area contributed by atoms with E-state index in [1.807, 2.05) is 36.4 Å². The van der Waals surface area contributed by atoms with Crippen LogP contribution in [0.4, 0.5) is 0 Å². The Labute approximate surface area is 286 Å². The van der Waals surface area contributed by atoms with Gasteiger partial charge in [0.25, 0.3) is 11.1 Å². The van der Waals surface area contributed by atoms with Gasteiger partial charge in [-0.1, -0.05) is 96.0 Å². The maximum Gasteiger partial charge on any atom is 0.282 e. The molecule has 0 fully saturated rings. The van der Waals surface area contributed by atoms with Gasteiger partial charge in [0.2, 0.25) is 0 Å². The molecule has 0 spiro atoms. The lowest BCUT2D eigenvalue weighted by Gasteiger charge is -1.99. The molecule has 0 aliphatic carbocycles. The number of hydrogen-bond acceptors (Lipinski definition) is 4. The number of para-hydroxylation sites is 2. The standard InChI is InChI=1S/2C19H15ClN2O2/c2*1-13-18(17(23)12-9-14-7-10-15(20)11-8-14)19(24)22(21-13)16-5-3-2-4-6-16/h2*2-12,21H,1H3/b2*12-9+. The molecule has 2 aromatic heterocycles. The number of carbonyl (C=O) groups excluding carboxylic acids is 2. The number of aryl methyl sites for hydroxylation is 2. The molecule has 2 N–H and O–H groups in total. The summed E-state index contributed by atoms with van der Waals surface area (Å²) in [6.45, 7) is 3.43.